The van der Waals surface area contributed by atoms with Crippen LogP contribution in [0.25, 0.3) is 11.3 Å². The van der Waals surface area contributed by atoms with Crippen molar-refractivity contribution < 1.29 is 18.9 Å². The highest BCUT2D eigenvalue weighted by Crippen LogP contribution is 2.29. The molecule has 0 radical (unpaired) electrons. The van der Waals surface area contributed by atoms with Crippen LogP contribution in [0.15, 0.2) is 48.8 Å². The van der Waals surface area contributed by atoms with Crippen molar-refractivity contribution in [2.75, 3.05) is 56.8 Å². The SMILES string of the molecule is COCCOC1CN(c2cc(Nc3nccc(-c4ccc(OC5CCOCC5)c(C#N)c4)n3)ccn2)C1. The van der Waals surface area contributed by atoms with E-state index in [9.17, 15) is 5.26 Å². The number of ether oxygens (including phenoxy) is 4. The molecule has 2 aliphatic heterocycles. The fourth-order valence-corrected chi connectivity index (χ4v) is 4.26. The van der Waals surface area contributed by atoms with Crippen LogP contribution in [-0.4, -0.2) is 73.8 Å². The van der Waals surface area contributed by atoms with Gasteiger partial charge in [-0.2, -0.15) is 5.26 Å². The van der Waals surface area contributed by atoms with E-state index in [1.165, 1.54) is 0 Å². The van der Waals surface area contributed by atoms with Gasteiger partial charge in [0.05, 0.1) is 43.8 Å². The van der Waals surface area contributed by atoms with Crippen LogP contribution in [0, 0.1) is 11.3 Å². The van der Waals surface area contributed by atoms with Crippen LogP contribution in [0.2, 0.25) is 0 Å². The average molecular weight is 503 g/mol. The van der Waals surface area contributed by atoms with Crippen molar-refractivity contribution in [3.63, 3.8) is 0 Å². The highest BCUT2D eigenvalue weighted by molar-refractivity contribution is 5.66. The van der Waals surface area contributed by atoms with Crippen molar-refractivity contribution in [1.29, 1.82) is 5.26 Å². The molecule has 3 aromatic rings. The smallest absolute Gasteiger partial charge is 0.227 e. The number of hydrogen-bond acceptors (Lipinski definition) is 10. The molecule has 10 heteroatoms. The second kappa shape index (κ2) is 12.0. The lowest BCUT2D eigenvalue weighted by Crippen LogP contribution is -2.53. The first kappa shape index (κ1) is 24.9. The van der Waals surface area contributed by atoms with E-state index >= 15 is 0 Å². The van der Waals surface area contributed by atoms with Crippen LogP contribution in [-0.2, 0) is 14.2 Å². The Labute approximate surface area is 216 Å². The lowest BCUT2D eigenvalue weighted by molar-refractivity contribution is 0.00376. The maximum atomic E-state index is 9.71. The van der Waals surface area contributed by atoms with Gasteiger partial charge in [-0.1, -0.05) is 0 Å². The van der Waals surface area contributed by atoms with E-state index in [2.05, 4.69) is 31.2 Å². The largest absolute Gasteiger partial charge is 0.489 e. The van der Waals surface area contributed by atoms with Crippen LogP contribution in [0.4, 0.5) is 17.5 Å². The zero-order chi connectivity index (χ0) is 25.5. The number of pyridine rings is 1. The van der Waals surface area contributed by atoms with Gasteiger partial charge in [0.25, 0.3) is 0 Å². The predicted octanol–water partition coefficient (Wildman–Crippen LogP) is 3.56. The van der Waals surface area contributed by atoms with Gasteiger partial charge in [-0.25, -0.2) is 15.0 Å². The van der Waals surface area contributed by atoms with E-state index in [0.29, 0.717) is 49.4 Å². The monoisotopic (exact) mass is 502 g/mol. The summed E-state index contributed by atoms with van der Waals surface area (Å²) in [5.41, 5.74) is 2.84. The Bertz CT molecular complexity index is 1240. The highest BCUT2D eigenvalue weighted by atomic mass is 16.5. The fraction of sp³-hybridized carbons (Fsp3) is 0.407. The van der Waals surface area contributed by atoms with Gasteiger partial charge >= 0.3 is 0 Å². The lowest BCUT2D eigenvalue weighted by Gasteiger charge is -2.39. The van der Waals surface area contributed by atoms with Crippen LogP contribution in [0.5, 0.6) is 5.75 Å². The number of nitrogens with one attached hydrogen (secondary N) is 1. The predicted molar refractivity (Wildman–Crippen MR) is 138 cm³/mol. The van der Waals surface area contributed by atoms with Crippen molar-refractivity contribution in [2.45, 2.75) is 25.0 Å². The number of benzene rings is 1. The van der Waals surface area contributed by atoms with E-state index in [4.69, 9.17) is 18.9 Å². The molecule has 0 spiro atoms. The minimum absolute atomic E-state index is 0.0668. The Hall–Kier alpha value is -3.78. The summed E-state index contributed by atoms with van der Waals surface area (Å²) in [6.45, 7) is 4.14. The highest BCUT2D eigenvalue weighted by Gasteiger charge is 2.28. The molecule has 37 heavy (non-hydrogen) atoms. The molecule has 192 valence electrons. The third kappa shape index (κ3) is 6.32. The lowest BCUT2D eigenvalue weighted by atomic mass is 10.1. The van der Waals surface area contributed by atoms with Crippen molar-refractivity contribution in [3.05, 3.63) is 54.4 Å². The summed E-state index contributed by atoms with van der Waals surface area (Å²) in [4.78, 5) is 15.7. The van der Waals surface area contributed by atoms with Gasteiger partial charge in [-0.15, -0.1) is 0 Å². The molecule has 1 N–H and O–H groups in total. The van der Waals surface area contributed by atoms with Gasteiger partial charge in [-0.3, -0.25) is 0 Å². The Kier molecular flexibility index (Phi) is 8.05. The molecule has 0 bridgehead atoms. The van der Waals surface area contributed by atoms with Crippen LogP contribution in [0.1, 0.15) is 18.4 Å². The zero-order valence-corrected chi connectivity index (χ0v) is 20.8. The Morgan fingerprint density at radius 3 is 2.70 bits per heavy atom. The number of anilines is 3. The molecule has 2 saturated heterocycles. The third-order valence-corrected chi connectivity index (χ3v) is 6.33. The van der Waals surface area contributed by atoms with Gasteiger partial charge < -0.3 is 29.2 Å². The summed E-state index contributed by atoms with van der Waals surface area (Å²) in [5.74, 6) is 1.92. The summed E-state index contributed by atoms with van der Waals surface area (Å²) in [7, 11) is 1.67. The van der Waals surface area contributed by atoms with E-state index < -0.39 is 0 Å². The first-order chi connectivity index (χ1) is 18.2. The Morgan fingerprint density at radius 1 is 1.05 bits per heavy atom. The Balaban J connectivity index is 1.24. The molecule has 10 nitrogen and oxygen atoms in total. The molecule has 0 atom stereocenters. The minimum atomic E-state index is 0.0668. The number of hydrogen-bond donors (Lipinski definition) is 1. The number of nitriles is 1. The molecule has 5 rings (SSSR count). The van der Waals surface area contributed by atoms with Gasteiger partial charge in [0.1, 0.15) is 23.7 Å². The van der Waals surface area contributed by atoms with Crippen molar-refractivity contribution in [2.24, 2.45) is 0 Å². The van der Waals surface area contributed by atoms with Crippen LogP contribution in [0.3, 0.4) is 0 Å². The molecule has 2 fully saturated rings. The van der Waals surface area contributed by atoms with E-state index in [0.717, 1.165) is 43.0 Å². The van der Waals surface area contributed by atoms with Crippen molar-refractivity contribution in [1.82, 2.24) is 15.0 Å². The molecule has 0 saturated carbocycles. The normalized spacial score (nSPS) is 16.2. The molecule has 0 aliphatic carbocycles. The second-order valence-corrected chi connectivity index (χ2v) is 8.94. The fourth-order valence-electron chi connectivity index (χ4n) is 4.26. The molecule has 1 aromatic carbocycles. The number of aromatic nitrogens is 3. The van der Waals surface area contributed by atoms with Crippen LogP contribution < -0.4 is 15.0 Å². The number of nitrogens with zero attached hydrogens (tertiary/aromatic N) is 5. The summed E-state index contributed by atoms with van der Waals surface area (Å²) >= 11 is 0. The maximum Gasteiger partial charge on any atom is 0.227 e. The summed E-state index contributed by atoms with van der Waals surface area (Å²) in [6.07, 6.45) is 5.37. The molecule has 0 unspecified atom stereocenters. The first-order valence-corrected chi connectivity index (χ1v) is 12.4. The molecule has 0 amide bonds. The maximum absolute atomic E-state index is 9.71. The van der Waals surface area contributed by atoms with E-state index in [-0.39, 0.29) is 12.2 Å². The summed E-state index contributed by atoms with van der Waals surface area (Å²) < 4.78 is 22.2. The first-order valence-electron chi connectivity index (χ1n) is 12.4. The topological polar surface area (TPSA) is 115 Å². The van der Waals surface area contributed by atoms with E-state index in [1.54, 1.807) is 25.6 Å². The number of methoxy groups -OCH3 is 1. The van der Waals surface area contributed by atoms with Crippen LogP contribution >= 0.6 is 0 Å². The Morgan fingerprint density at radius 2 is 1.89 bits per heavy atom. The zero-order valence-electron chi connectivity index (χ0n) is 20.8. The van der Waals surface area contributed by atoms with Gasteiger partial charge in [0.15, 0.2) is 0 Å². The quantitative estimate of drug-likeness (QED) is 0.413. The summed E-state index contributed by atoms with van der Waals surface area (Å²) in [5, 5.41) is 13.0. The third-order valence-electron chi connectivity index (χ3n) is 6.33. The average Bonchev–Trinajstić information content (AvgIpc) is 2.91. The summed E-state index contributed by atoms with van der Waals surface area (Å²) in [6, 6.07) is 13.5. The van der Waals surface area contributed by atoms with Gasteiger partial charge in [-0.05, 0) is 30.3 Å². The van der Waals surface area contributed by atoms with Gasteiger partial charge in [0, 0.05) is 62.8 Å². The number of rotatable bonds is 10. The standard InChI is InChI=1S/C27H30N6O4/c1-34-12-13-36-23-17-33(18-23)26-15-21(4-8-29-26)31-27-30-9-5-24(32-27)19-2-3-25(20(14-19)16-28)37-22-6-10-35-11-7-22/h2-5,8-9,14-15,22-23H,6-7,10-13,17-18H2,1H3,(H,29,30,31,32). The molecule has 2 aliphatic rings. The van der Waals surface area contributed by atoms with Crippen molar-refractivity contribution in [3.8, 4) is 23.1 Å². The van der Waals surface area contributed by atoms with E-state index in [1.807, 2.05) is 30.3 Å². The van der Waals surface area contributed by atoms with Crippen molar-refractivity contribution >= 4 is 17.5 Å². The van der Waals surface area contributed by atoms with Gasteiger partial charge in [0.2, 0.25) is 5.95 Å². The second-order valence-electron chi connectivity index (χ2n) is 8.94. The minimum Gasteiger partial charge on any atom is -0.489 e. The molecule has 2 aromatic heterocycles. The molecular formula is C27H30N6O4. The molecular weight excluding hydrogens is 472 g/mol. The molecule has 4 heterocycles.